The number of fused-ring (bicyclic) bond motifs is 1. The molecule has 2 aromatic rings. The van der Waals surface area contributed by atoms with Gasteiger partial charge in [0.2, 0.25) is 0 Å². The van der Waals surface area contributed by atoms with E-state index < -0.39 is 0 Å². The van der Waals surface area contributed by atoms with Gasteiger partial charge in [-0.3, -0.25) is 0 Å². The van der Waals surface area contributed by atoms with Gasteiger partial charge >= 0.3 is 0 Å². The summed E-state index contributed by atoms with van der Waals surface area (Å²) in [5.41, 5.74) is 1.93. The van der Waals surface area contributed by atoms with Gasteiger partial charge in [0.25, 0.3) is 0 Å². The summed E-state index contributed by atoms with van der Waals surface area (Å²) in [4.78, 5) is 3.97. The van der Waals surface area contributed by atoms with Crippen molar-refractivity contribution in [3.63, 3.8) is 0 Å². The molecule has 0 unspecified atom stereocenters. The lowest BCUT2D eigenvalue weighted by Gasteiger charge is -1.92. The number of pyridine rings is 1. The Morgan fingerprint density at radius 2 is 2.36 bits per heavy atom. The minimum atomic E-state index is 0.871. The maximum Gasteiger partial charge on any atom is 0.0992 e. The Hall–Kier alpha value is -1.75. The van der Waals surface area contributed by atoms with Crippen molar-refractivity contribution in [2.24, 2.45) is 0 Å². The van der Waals surface area contributed by atoms with Gasteiger partial charge in [0.05, 0.1) is 18.0 Å². The number of nitrogens with zero attached hydrogens (tertiary/aromatic N) is 2. The normalized spacial score (nSPS) is 9.73. The first kappa shape index (κ1) is 5.99. The largest absolute Gasteiger partial charge is 0.305 e. The Bertz CT molecular complexity index is 420. The lowest BCUT2D eigenvalue weighted by atomic mass is 10.3. The Balaban J connectivity index is 2.79. The fraction of sp³-hybridized carbons (Fsp3) is 0. The van der Waals surface area contributed by atoms with Crippen LogP contribution in [0.2, 0.25) is 0 Å². The zero-order chi connectivity index (χ0) is 7.68. The standard InChI is InChI=1S/C9H6N2/c1-2-8-3-4-9-5-10-7-11(9)6-8/h1,3-7H. The first-order valence-corrected chi connectivity index (χ1v) is 3.28. The Morgan fingerprint density at radius 1 is 1.45 bits per heavy atom. The van der Waals surface area contributed by atoms with Crippen molar-refractivity contribution in [1.29, 1.82) is 0 Å². The van der Waals surface area contributed by atoms with E-state index in [0.29, 0.717) is 0 Å². The fourth-order valence-electron chi connectivity index (χ4n) is 1.01. The van der Waals surface area contributed by atoms with Gasteiger partial charge < -0.3 is 4.40 Å². The van der Waals surface area contributed by atoms with Gasteiger partial charge in [-0.15, -0.1) is 6.42 Å². The summed E-state index contributed by atoms with van der Waals surface area (Å²) in [6, 6.07) is 3.85. The highest BCUT2D eigenvalue weighted by Gasteiger charge is 1.91. The molecule has 0 spiro atoms. The van der Waals surface area contributed by atoms with E-state index in [4.69, 9.17) is 6.42 Å². The molecule has 0 radical (unpaired) electrons. The second-order valence-corrected chi connectivity index (χ2v) is 2.29. The van der Waals surface area contributed by atoms with Crippen molar-refractivity contribution >= 4 is 5.52 Å². The molecular weight excluding hydrogens is 136 g/mol. The Morgan fingerprint density at radius 3 is 3.18 bits per heavy atom. The SMILES string of the molecule is C#Cc1ccc2cncn2c1. The van der Waals surface area contributed by atoms with Crippen LogP contribution in [-0.4, -0.2) is 9.38 Å². The molecule has 0 atom stereocenters. The van der Waals surface area contributed by atoms with Crippen LogP contribution < -0.4 is 0 Å². The summed E-state index contributed by atoms with van der Waals surface area (Å²) in [5.74, 6) is 2.56. The van der Waals surface area contributed by atoms with Crippen molar-refractivity contribution in [1.82, 2.24) is 9.38 Å². The van der Waals surface area contributed by atoms with Crippen LogP contribution in [0.25, 0.3) is 5.52 Å². The highest BCUT2D eigenvalue weighted by Crippen LogP contribution is 2.03. The van der Waals surface area contributed by atoms with Gasteiger partial charge in [-0.2, -0.15) is 0 Å². The summed E-state index contributed by atoms with van der Waals surface area (Å²) in [5, 5.41) is 0. The van der Waals surface area contributed by atoms with E-state index in [1.165, 1.54) is 0 Å². The number of imidazole rings is 1. The first-order chi connectivity index (χ1) is 5.40. The average molecular weight is 142 g/mol. The highest BCUT2D eigenvalue weighted by atomic mass is 15.0. The molecule has 0 aliphatic carbocycles. The molecule has 2 rings (SSSR count). The molecule has 2 heteroatoms. The van der Waals surface area contributed by atoms with Crippen LogP contribution in [0.1, 0.15) is 5.56 Å². The second-order valence-electron chi connectivity index (χ2n) is 2.29. The fourth-order valence-corrected chi connectivity index (χ4v) is 1.01. The average Bonchev–Trinajstić information content (AvgIpc) is 2.50. The topological polar surface area (TPSA) is 17.3 Å². The molecule has 0 aliphatic heterocycles. The number of aromatic nitrogens is 2. The van der Waals surface area contributed by atoms with Crippen LogP contribution in [-0.2, 0) is 0 Å². The third-order valence-corrected chi connectivity index (χ3v) is 1.57. The van der Waals surface area contributed by atoms with Crippen molar-refractivity contribution in [2.75, 3.05) is 0 Å². The van der Waals surface area contributed by atoms with Gasteiger partial charge in [0, 0.05) is 11.8 Å². The lowest BCUT2D eigenvalue weighted by Crippen LogP contribution is -1.82. The predicted octanol–water partition coefficient (Wildman–Crippen LogP) is 1.32. The maximum absolute atomic E-state index is 5.23. The van der Waals surface area contributed by atoms with E-state index in [9.17, 15) is 0 Å². The number of rotatable bonds is 0. The Kier molecular flexibility index (Phi) is 1.16. The zero-order valence-corrected chi connectivity index (χ0v) is 5.86. The van der Waals surface area contributed by atoms with E-state index in [1.54, 1.807) is 12.5 Å². The van der Waals surface area contributed by atoms with Gasteiger partial charge in [0.1, 0.15) is 0 Å². The third kappa shape index (κ3) is 0.870. The molecule has 0 fully saturated rings. The van der Waals surface area contributed by atoms with Gasteiger partial charge in [-0.1, -0.05) is 5.92 Å². The van der Waals surface area contributed by atoms with E-state index in [2.05, 4.69) is 10.9 Å². The van der Waals surface area contributed by atoms with Crippen LogP contribution in [0.5, 0.6) is 0 Å². The second kappa shape index (κ2) is 2.14. The van der Waals surface area contributed by atoms with E-state index >= 15 is 0 Å². The monoisotopic (exact) mass is 142 g/mol. The summed E-state index contributed by atoms with van der Waals surface area (Å²) in [7, 11) is 0. The van der Waals surface area contributed by atoms with Crippen molar-refractivity contribution in [2.45, 2.75) is 0 Å². The molecule has 0 aliphatic rings. The van der Waals surface area contributed by atoms with Crippen molar-refractivity contribution < 1.29 is 0 Å². The summed E-state index contributed by atoms with van der Waals surface area (Å²) < 4.78 is 1.90. The zero-order valence-electron chi connectivity index (χ0n) is 5.86. The molecule has 0 saturated heterocycles. The first-order valence-electron chi connectivity index (χ1n) is 3.28. The molecule has 0 aromatic carbocycles. The molecule has 2 heterocycles. The van der Waals surface area contributed by atoms with Gasteiger partial charge in [-0.25, -0.2) is 4.98 Å². The molecule has 0 saturated carbocycles. The number of hydrogen-bond donors (Lipinski definition) is 0. The molecule has 2 aromatic heterocycles. The van der Waals surface area contributed by atoms with E-state index in [0.717, 1.165) is 11.1 Å². The lowest BCUT2D eigenvalue weighted by molar-refractivity contribution is 1.15. The van der Waals surface area contributed by atoms with Crippen LogP contribution >= 0.6 is 0 Å². The van der Waals surface area contributed by atoms with Crippen molar-refractivity contribution in [3.05, 3.63) is 36.4 Å². The van der Waals surface area contributed by atoms with Crippen LogP contribution in [0.15, 0.2) is 30.9 Å². The van der Waals surface area contributed by atoms with Gasteiger partial charge in [-0.05, 0) is 12.1 Å². The molecule has 0 amide bonds. The molecular formula is C9H6N2. The smallest absolute Gasteiger partial charge is 0.0992 e. The maximum atomic E-state index is 5.23. The van der Waals surface area contributed by atoms with Gasteiger partial charge in [0.15, 0.2) is 0 Å². The molecule has 0 bridgehead atoms. The van der Waals surface area contributed by atoms with E-state index in [-0.39, 0.29) is 0 Å². The molecule has 2 nitrogen and oxygen atoms in total. The summed E-state index contributed by atoms with van der Waals surface area (Å²) in [6.07, 6.45) is 10.6. The quantitative estimate of drug-likeness (QED) is 0.507. The van der Waals surface area contributed by atoms with Crippen LogP contribution in [0.4, 0.5) is 0 Å². The molecule has 11 heavy (non-hydrogen) atoms. The van der Waals surface area contributed by atoms with Crippen LogP contribution in [0, 0.1) is 12.3 Å². The van der Waals surface area contributed by atoms with Crippen molar-refractivity contribution in [3.8, 4) is 12.3 Å². The third-order valence-electron chi connectivity index (χ3n) is 1.57. The Labute approximate surface area is 64.5 Å². The minimum Gasteiger partial charge on any atom is -0.305 e. The highest BCUT2D eigenvalue weighted by molar-refractivity contribution is 5.47. The molecule has 0 N–H and O–H groups in total. The summed E-state index contributed by atoms with van der Waals surface area (Å²) >= 11 is 0. The predicted molar refractivity (Wildman–Crippen MR) is 43.1 cm³/mol. The summed E-state index contributed by atoms with van der Waals surface area (Å²) in [6.45, 7) is 0. The number of hydrogen-bond acceptors (Lipinski definition) is 1. The number of terminal acetylenes is 1. The van der Waals surface area contributed by atoms with E-state index in [1.807, 2.05) is 22.7 Å². The van der Waals surface area contributed by atoms with Crippen LogP contribution in [0.3, 0.4) is 0 Å². The minimum absolute atomic E-state index is 0.871. The molecule has 52 valence electrons.